The van der Waals surface area contributed by atoms with Gasteiger partial charge in [0.1, 0.15) is 7.85 Å². The van der Waals surface area contributed by atoms with E-state index in [0.29, 0.717) is 0 Å². The van der Waals surface area contributed by atoms with Crippen LogP contribution in [0.5, 0.6) is 0 Å². The second-order valence-electron chi connectivity index (χ2n) is 5.21. The van der Waals surface area contributed by atoms with Crippen LogP contribution in [0.15, 0.2) is 0 Å². The van der Waals surface area contributed by atoms with E-state index in [9.17, 15) is 0 Å². The van der Waals surface area contributed by atoms with Crippen molar-refractivity contribution in [3.8, 4) is 0 Å². The van der Waals surface area contributed by atoms with Gasteiger partial charge in [-0.1, -0.05) is 53.8 Å². The zero-order valence-corrected chi connectivity index (χ0v) is 10.6. The van der Waals surface area contributed by atoms with Gasteiger partial charge in [0.25, 0.3) is 0 Å². The quantitative estimate of drug-likeness (QED) is 0.572. The third-order valence-corrected chi connectivity index (χ3v) is 4.25. The van der Waals surface area contributed by atoms with Gasteiger partial charge in [-0.3, -0.25) is 0 Å². The van der Waals surface area contributed by atoms with E-state index in [0.717, 1.165) is 29.5 Å². The van der Waals surface area contributed by atoms with Gasteiger partial charge in [-0.25, -0.2) is 0 Å². The van der Waals surface area contributed by atoms with Gasteiger partial charge in [0, 0.05) is 0 Å². The predicted octanol–water partition coefficient (Wildman–Crippen LogP) is 3.38. The SMILES string of the molecule is B[C@H](C)[C@H](C)C(C)C(C)C(C)CC. The van der Waals surface area contributed by atoms with Gasteiger partial charge < -0.3 is 0 Å². The minimum Gasteiger partial charge on any atom is -0.0697 e. The fourth-order valence-electron chi connectivity index (χ4n) is 1.98. The normalized spacial score (nSPS) is 23.2. The topological polar surface area (TPSA) is 0 Å². The molecule has 0 N–H and O–H groups in total. The molecule has 0 spiro atoms. The van der Waals surface area contributed by atoms with Crippen molar-refractivity contribution in [3.63, 3.8) is 0 Å². The summed E-state index contributed by atoms with van der Waals surface area (Å²) >= 11 is 0. The Morgan fingerprint density at radius 3 is 1.62 bits per heavy atom. The van der Waals surface area contributed by atoms with E-state index in [2.05, 4.69) is 49.4 Å². The summed E-state index contributed by atoms with van der Waals surface area (Å²) in [7, 11) is 2.34. The molecule has 0 fully saturated rings. The third kappa shape index (κ3) is 3.75. The molecule has 5 atom stereocenters. The monoisotopic (exact) mass is 182 g/mol. The Bertz CT molecular complexity index is 131. The van der Waals surface area contributed by atoms with Gasteiger partial charge in [-0.15, -0.1) is 0 Å². The lowest BCUT2D eigenvalue weighted by Gasteiger charge is -2.32. The minimum atomic E-state index is 0.821. The standard InChI is InChI=1S/C12H27B/c1-7-8(2)9(3)10(4)11(5)12(6)13/h8-12H,7,13H2,1-6H3/t8?,9?,10?,11-,12-/m1/s1. The minimum absolute atomic E-state index is 0.821. The summed E-state index contributed by atoms with van der Waals surface area (Å²) in [5.74, 6) is 4.26. The average Bonchev–Trinajstić information content (AvgIpc) is 2.12. The summed E-state index contributed by atoms with van der Waals surface area (Å²) < 4.78 is 0. The molecule has 0 saturated carbocycles. The first-order chi connectivity index (χ1) is 5.91. The van der Waals surface area contributed by atoms with E-state index in [1.54, 1.807) is 0 Å². The number of hydrogen-bond acceptors (Lipinski definition) is 0. The maximum Gasteiger partial charge on any atom is 0.105 e. The first kappa shape index (κ1) is 13.1. The molecule has 0 aromatic heterocycles. The van der Waals surface area contributed by atoms with Crippen LogP contribution in [-0.4, -0.2) is 7.85 Å². The molecule has 0 aromatic carbocycles. The van der Waals surface area contributed by atoms with Gasteiger partial charge in [0.05, 0.1) is 0 Å². The molecule has 0 aromatic rings. The van der Waals surface area contributed by atoms with Gasteiger partial charge in [0.2, 0.25) is 0 Å². The molecule has 0 heterocycles. The van der Waals surface area contributed by atoms with Crippen molar-refractivity contribution in [2.45, 2.75) is 53.8 Å². The maximum atomic E-state index is 2.42. The van der Waals surface area contributed by atoms with E-state index in [1.807, 2.05) is 0 Å². The second kappa shape index (κ2) is 5.72. The van der Waals surface area contributed by atoms with E-state index < -0.39 is 0 Å². The fourth-order valence-corrected chi connectivity index (χ4v) is 1.98. The zero-order chi connectivity index (χ0) is 10.6. The Hall–Kier alpha value is 0.0649. The number of hydrogen-bond donors (Lipinski definition) is 0. The van der Waals surface area contributed by atoms with Crippen molar-refractivity contribution in [1.82, 2.24) is 0 Å². The Morgan fingerprint density at radius 2 is 1.31 bits per heavy atom. The van der Waals surface area contributed by atoms with Crippen LogP contribution in [-0.2, 0) is 0 Å². The van der Waals surface area contributed by atoms with Crippen LogP contribution in [0, 0.1) is 23.7 Å². The molecule has 0 rings (SSSR count). The average molecular weight is 182 g/mol. The highest BCUT2D eigenvalue weighted by Crippen LogP contribution is 2.33. The van der Waals surface area contributed by atoms with Crippen LogP contribution in [0.1, 0.15) is 48.0 Å². The van der Waals surface area contributed by atoms with Crippen molar-refractivity contribution in [2.75, 3.05) is 0 Å². The van der Waals surface area contributed by atoms with Crippen molar-refractivity contribution in [3.05, 3.63) is 0 Å². The molecular weight excluding hydrogens is 155 g/mol. The van der Waals surface area contributed by atoms with Crippen LogP contribution in [0.3, 0.4) is 0 Å². The lowest BCUT2D eigenvalue weighted by molar-refractivity contribution is 0.205. The molecule has 3 unspecified atom stereocenters. The number of rotatable bonds is 5. The van der Waals surface area contributed by atoms with E-state index >= 15 is 0 Å². The highest BCUT2D eigenvalue weighted by molar-refractivity contribution is 6.11. The van der Waals surface area contributed by atoms with Crippen LogP contribution in [0.25, 0.3) is 0 Å². The largest absolute Gasteiger partial charge is 0.105 e. The Morgan fingerprint density at radius 1 is 0.846 bits per heavy atom. The maximum absolute atomic E-state index is 2.42. The molecule has 0 nitrogen and oxygen atoms in total. The van der Waals surface area contributed by atoms with Crippen molar-refractivity contribution in [2.24, 2.45) is 23.7 Å². The van der Waals surface area contributed by atoms with Crippen LogP contribution in [0.4, 0.5) is 0 Å². The van der Waals surface area contributed by atoms with Crippen LogP contribution in [0.2, 0.25) is 5.82 Å². The molecule has 0 aliphatic heterocycles. The molecule has 0 amide bonds. The lowest BCUT2D eigenvalue weighted by atomic mass is 9.68. The molecule has 0 bridgehead atoms. The van der Waals surface area contributed by atoms with Crippen LogP contribution >= 0.6 is 0 Å². The van der Waals surface area contributed by atoms with Gasteiger partial charge in [-0.2, -0.15) is 0 Å². The smallest absolute Gasteiger partial charge is 0.0697 e. The first-order valence-electron chi connectivity index (χ1n) is 5.91. The Balaban J connectivity index is 4.15. The highest BCUT2D eigenvalue weighted by Gasteiger charge is 2.24. The zero-order valence-electron chi connectivity index (χ0n) is 10.6. The fraction of sp³-hybridized carbons (Fsp3) is 1.00. The first-order valence-corrected chi connectivity index (χ1v) is 5.91. The molecule has 13 heavy (non-hydrogen) atoms. The van der Waals surface area contributed by atoms with E-state index in [-0.39, 0.29) is 0 Å². The van der Waals surface area contributed by atoms with E-state index in [4.69, 9.17) is 0 Å². The second-order valence-corrected chi connectivity index (χ2v) is 5.21. The summed E-state index contributed by atoms with van der Waals surface area (Å²) in [6, 6.07) is 0. The summed E-state index contributed by atoms with van der Waals surface area (Å²) in [5, 5.41) is 0. The Labute approximate surface area is 85.9 Å². The van der Waals surface area contributed by atoms with Crippen LogP contribution < -0.4 is 0 Å². The molecule has 1 heteroatoms. The molecule has 0 aliphatic rings. The molecule has 0 radical (unpaired) electrons. The molecule has 0 saturated heterocycles. The van der Waals surface area contributed by atoms with Crippen molar-refractivity contribution < 1.29 is 0 Å². The summed E-state index contributed by atoms with van der Waals surface area (Å²) in [5.41, 5.74) is 0. The van der Waals surface area contributed by atoms with Crippen molar-refractivity contribution in [1.29, 1.82) is 0 Å². The predicted molar refractivity (Wildman–Crippen MR) is 64.9 cm³/mol. The van der Waals surface area contributed by atoms with Crippen molar-refractivity contribution >= 4 is 7.85 Å². The lowest BCUT2D eigenvalue weighted by Crippen LogP contribution is -2.24. The summed E-state index contributed by atoms with van der Waals surface area (Å²) in [4.78, 5) is 0. The third-order valence-electron chi connectivity index (χ3n) is 4.25. The molecule has 0 aliphatic carbocycles. The Kier molecular flexibility index (Phi) is 5.75. The van der Waals surface area contributed by atoms with Gasteiger partial charge in [0.15, 0.2) is 0 Å². The van der Waals surface area contributed by atoms with Gasteiger partial charge >= 0.3 is 0 Å². The summed E-state index contributed by atoms with van der Waals surface area (Å²) in [6.07, 6.45) is 1.32. The van der Waals surface area contributed by atoms with E-state index in [1.165, 1.54) is 6.42 Å². The molecular formula is C12H27B. The summed E-state index contributed by atoms with van der Waals surface area (Å²) in [6.45, 7) is 14.3. The highest BCUT2D eigenvalue weighted by atomic mass is 14.3. The van der Waals surface area contributed by atoms with Gasteiger partial charge in [-0.05, 0) is 23.7 Å². The molecule has 78 valence electrons.